The van der Waals surface area contributed by atoms with Gasteiger partial charge in [0, 0.05) is 13.3 Å². The van der Waals surface area contributed by atoms with Gasteiger partial charge in [-0.1, -0.05) is 0 Å². The van der Waals surface area contributed by atoms with Gasteiger partial charge in [0.1, 0.15) is 5.82 Å². The second-order valence-corrected chi connectivity index (χ2v) is 3.70. The molecule has 0 atom stereocenters. The number of aromatic nitrogens is 4. The number of hydrogen-bond acceptors (Lipinski definition) is 6. The van der Waals surface area contributed by atoms with Crippen LogP contribution in [0, 0.1) is 6.92 Å². The van der Waals surface area contributed by atoms with Crippen molar-refractivity contribution in [2.75, 3.05) is 7.11 Å². The maximum absolute atomic E-state index is 5.00. The molecule has 0 saturated heterocycles. The van der Waals surface area contributed by atoms with E-state index >= 15 is 0 Å². The van der Waals surface area contributed by atoms with Gasteiger partial charge in [0.15, 0.2) is 10.8 Å². The van der Waals surface area contributed by atoms with Crippen LogP contribution in [0.4, 0.5) is 0 Å². The molecular weight excluding hydrogens is 212 g/mol. The molecule has 0 radical (unpaired) electrons. The zero-order valence-corrected chi connectivity index (χ0v) is 9.28. The summed E-state index contributed by atoms with van der Waals surface area (Å²) in [6.45, 7) is 2.33. The standard InChI is InChI=1S/C9H10N4OS/c1-6-11-9(15-13-6)8-10-4-3-7(12-8)5-14-2/h3-4H,5H2,1-2H3. The Kier molecular flexibility index (Phi) is 2.98. The van der Waals surface area contributed by atoms with Crippen LogP contribution < -0.4 is 0 Å². The molecule has 0 saturated carbocycles. The first kappa shape index (κ1) is 10.1. The number of rotatable bonds is 3. The Hall–Kier alpha value is -1.40. The molecule has 0 aliphatic carbocycles. The Morgan fingerprint density at radius 1 is 1.40 bits per heavy atom. The van der Waals surface area contributed by atoms with Crippen LogP contribution in [0.2, 0.25) is 0 Å². The lowest BCUT2D eigenvalue weighted by Crippen LogP contribution is -1.96. The summed E-state index contributed by atoms with van der Waals surface area (Å²) >= 11 is 1.30. The highest BCUT2D eigenvalue weighted by molar-refractivity contribution is 7.09. The Morgan fingerprint density at radius 2 is 2.27 bits per heavy atom. The molecule has 0 aliphatic heterocycles. The van der Waals surface area contributed by atoms with Crippen molar-refractivity contribution in [2.45, 2.75) is 13.5 Å². The minimum absolute atomic E-state index is 0.479. The largest absolute Gasteiger partial charge is 0.378 e. The van der Waals surface area contributed by atoms with Gasteiger partial charge in [-0.2, -0.15) is 4.37 Å². The van der Waals surface area contributed by atoms with E-state index in [4.69, 9.17) is 4.74 Å². The van der Waals surface area contributed by atoms with E-state index in [1.165, 1.54) is 11.5 Å². The molecule has 0 bridgehead atoms. The van der Waals surface area contributed by atoms with Crippen LogP contribution in [0.5, 0.6) is 0 Å². The first-order valence-electron chi connectivity index (χ1n) is 4.41. The monoisotopic (exact) mass is 222 g/mol. The third-order valence-electron chi connectivity index (χ3n) is 1.72. The van der Waals surface area contributed by atoms with Crippen molar-refractivity contribution in [1.82, 2.24) is 19.3 Å². The molecule has 5 nitrogen and oxygen atoms in total. The Labute approximate surface area is 91.4 Å². The van der Waals surface area contributed by atoms with E-state index < -0.39 is 0 Å². The molecule has 0 amide bonds. The third kappa shape index (κ3) is 2.34. The summed E-state index contributed by atoms with van der Waals surface area (Å²) in [5, 5.41) is 0.741. The number of methoxy groups -OCH3 is 1. The number of nitrogens with zero attached hydrogens (tertiary/aromatic N) is 4. The Balaban J connectivity index is 2.32. The zero-order chi connectivity index (χ0) is 10.7. The van der Waals surface area contributed by atoms with Crippen LogP contribution in [0.1, 0.15) is 11.5 Å². The van der Waals surface area contributed by atoms with Crippen molar-refractivity contribution in [3.8, 4) is 10.8 Å². The lowest BCUT2D eigenvalue weighted by atomic mass is 10.4. The van der Waals surface area contributed by atoms with Gasteiger partial charge in [-0.15, -0.1) is 0 Å². The SMILES string of the molecule is COCc1ccnc(-c2nc(C)ns2)n1. The van der Waals surface area contributed by atoms with Crippen molar-refractivity contribution < 1.29 is 4.74 Å². The lowest BCUT2D eigenvalue weighted by Gasteiger charge is -1.99. The van der Waals surface area contributed by atoms with Crippen molar-refractivity contribution in [2.24, 2.45) is 0 Å². The van der Waals surface area contributed by atoms with Gasteiger partial charge >= 0.3 is 0 Å². The quantitative estimate of drug-likeness (QED) is 0.786. The van der Waals surface area contributed by atoms with Crippen molar-refractivity contribution in [3.05, 3.63) is 23.8 Å². The fraction of sp³-hybridized carbons (Fsp3) is 0.333. The summed E-state index contributed by atoms with van der Waals surface area (Å²) in [6.07, 6.45) is 1.70. The van der Waals surface area contributed by atoms with Gasteiger partial charge in [-0.05, 0) is 24.5 Å². The summed E-state index contributed by atoms with van der Waals surface area (Å²) in [6, 6.07) is 1.82. The van der Waals surface area contributed by atoms with Crippen molar-refractivity contribution >= 4 is 11.5 Å². The summed E-state index contributed by atoms with van der Waals surface area (Å²) in [7, 11) is 1.64. The molecule has 2 aromatic heterocycles. The Bertz CT molecular complexity index is 457. The van der Waals surface area contributed by atoms with Crippen molar-refractivity contribution in [3.63, 3.8) is 0 Å². The molecule has 78 valence electrons. The van der Waals surface area contributed by atoms with Gasteiger partial charge < -0.3 is 4.74 Å². The summed E-state index contributed by atoms with van der Waals surface area (Å²) in [5.74, 6) is 1.35. The fourth-order valence-corrected chi connectivity index (χ4v) is 1.73. The van der Waals surface area contributed by atoms with Crippen LogP contribution in [0.25, 0.3) is 10.8 Å². The topological polar surface area (TPSA) is 60.8 Å². The molecule has 0 aromatic carbocycles. The summed E-state index contributed by atoms with van der Waals surface area (Å²) in [4.78, 5) is 12.7. The van der Waals surface area contributed by atoms with E-state index in [0.717, 1.165) is 16.5 Å². The average molecular weight is 222 g/mol. The van der Waals surface area contributed by atoms with E-state index in [2.05, 4.69) is 19.3 Å². The van der Waals surface area contributed by atoms with Crippen LogP contribution in [0.3, 0.4) is 0 Å². The van der Waals surface area contributed by atoms with Crippen LogP contribution in [0.15, 0.2) is 12.3 Å². The van der Waals surface area contributed by atoms with Gasteiger partial charge in [0.2, 0.25) is 0 Å². The highest BCUT2D eigenvalue weighted by Gasteiger charge is 2.07. The fourth-order valence-electron chi connectivity index (χ4n) is 1.12. The van der Waals surface area contributed by atoms with Gasteiger partial charge in [-0.25, -0.2) is 15.0 Å². The second-order valence-electron chi connectivity index (χ2n) is 2.95. The van der Waals surface area contributed by atoms with E-state index in [1.807, 2.05) is 13.0 Å². The molecule has 0 fully saturated rings. The van der Waals surface area contributed by atoms with E-state index in [0.29, 0.717) is 12.4 Å². The Morgan fingerprint density at radius 3 is 2.93 bits per heavy atom. The van der Waals surface area contributed by atoms with Crippen LogP contribution in [-0.4, -0.2) is 26.4 Å². The average Bonchev–Trinajstić information content (AvgIpc) is 2.66. The molecule has 0 N–H and O–H groups in total. The van der Waals surface area contributed by atoms with Crippen LogP contribution >= 0.6 is 11.5 Å². The minimum atomic E-state index is 0.479. The number of ether oxygens (including phenoxy) is 1. The van der Waals surface area contributed by atoms with Crippen molar-refractivity contribution in [1.29, 1.82) is 0 Å². The second kappa shape index (κ2) is 4.41. The first-order chi connectivity index (χ1) is 7.29. The maximum Gasteiger partial charge on any atom is 0.190 e. The normalized spacial score (nSPS) is 10.5. The maximum atomic E-state index is 5.00. The zero-order valence-electron chi connectivity index (χ0n) is 8.47. The lowest BCUT2D eigenvalue weighted by molar-refractivity contribution is 0.181. The van der Waals surface area contributed by atoms with Gasteiger partial charge in [-0.3, -0.25) is 0 Å². The first-order valence-corrected chi connectivity index (χ1v) is 5.18. The predicted octanol–water partition coefficient (Wildman–Crippen LogP) is 1.45. The van der Waals surface area contributed by atoms with E-state index in [9.17, 15) is 0 Å². The molecule has 0 spiro atoms. The van der Waals surface area contributed by atoms with Gasteiger partial charge in [0.25, 0.3) is 0 Å². The molecule has 2 aromatic rings. The molecule has 2 rings (SSSR count). The number of aryl methyl sites for hydroxylation is 1. The van der Waals surface area contributed by atoms with E-state index in [-0.39, 0.29) is 0 Å². The molecule has 2 heterocycles. The number of hydrogen-bond donors (Lipinski definition) is 0. The van der Waals surface area contributed by atoms with Crippen LogP contribution in [-0.2, 0) is 11.3 Å². The summed E-state index contributed by atoms with van der Waals surface area (Å²) < 4.78 is 9.09. The molecular formula is C9H10N4OS. The molecule has 0 aliphatic rings. The minimum Gasteiger partial charge on any atom is -0.378 e. The highest BCUT2D eigenvalue weighted by Crippen LogP contribution is 2.16. The molecule has 15 heavy (non-hydrogen) atoms. The predicted molar refractivity (Wildman–Crippen MR) is 56.4 cm³/mol. The highest BCUT2D eigenvalue weighted by atomic mass is 32.1. The molecule has 0 unspecified atom stereocenters. The summed E-state index contributed by atoms with van der Waals surface area (Å²) in [5.41, 5.74) is 0.843. The molecule has 6 heteroatoms. The van der Waals surface area contributed by atoms with E-state index in [1.54, 1.807) is 13.3 Å². The third-order valence-corrected chi connectivity index (χ3v) is 2.53. The van der Waals surface area contributed by atoms with Gasteiger partial charge in [0.05, 0.1) is 12.3 Å². The smallest absolute Gasteiger partial charge is 0.190 e.